The van der Waals surface area contributed by atoms with Gasteiger partial charge in [-0.3, -0.25) is 4.79 Å². The molecule has 18 heavy (non-hydrogen) atoms. The third-order valence-corrected chi connectivity index (χ3v) is 5.55. The van der Waals surface area contributed by atoms with Gasteiger partial charge in [-0.1, -0.05) is 0 Å². The molecule has 0 amide bonds. The van der Waals surface area contributed by atoms with Crippen molar-refractivity contribution in [2.24, 2.45) is 0 Å². The molecule has 0 aliphatic carbocycles. The fourth-order valence-electron chi connectivity index (χ4n) is 2.02. The van der Waals surface area contributed by atoms with E-state index in [1.165, 1.54) is 12.1 Å². The molecule has 1 fully saturated rings. The lowest BCUT2D eigenvalue weighted by molar-refractivity contribution is -0.140. The van der Waals surface area contributed by atoms with Crippen molar-refractivity contribution in [2.45, 2.75) is 23.8 Å². The number of carbonyl (C=O) groups is 1. The van der Waals surface area contributed by atoms with E-state index in [2.05, 4.69) is 22.6 Å². The SMILES string of the molecule is O=C(O)C1CCCN1S(=O)(=O)c1ccc(I)cc1. The van der Waals surface area contributed by atoms with Crippen LogP contribution in [0, 0.1) is 3.57 Å². The Morgan fingerprint density at radius 2 is 1.94 bits per heavy atom. The van der Waals surface area contributed by atoms with Gasteiger partial charge in [-0.05, 0) is 59.7 Å². The molecule has 7 heteroatoms. The smallest absolute Gasteiger partial charge is 0.322 e. The fourth-order valence-corrected chi connectivity index (χ4v) is 4.03. The summed E-state index contributed by atoms with van der Waals surface area (Å²) in [5.74, 6) is -1.08. The van der Waals surface area contributed by atoms with Crippen LogP contribution in [-0.4, -0.2) is 36.4 Å². The Kier molecular flexibility index (Phi) is 3.93. The predicted octanol–water partition coefficient (Wildman–Crippen LogP) is 1.53. The summed E-state index contributed by atoms with van der Waals surface area (Å²) in [6, 6.07) is 5.47. The van der Waals surface area contributed by atoms with Crippen LogP contribution in [0.2, 0.25) is 0 Å². The van der Waals surface area contributed by atoms with E-state index in [1.807, 2.05) is 0 Å². The molecule has 0 bridgehead atoms. The molecule has 1 aliphatic heterocycles. The predicted molar refractivity (Wildman–Crippen MR) is 73.7 cm³/mol. The molecule has 1 aromatic rings. The molecule has 1 saturated heterocycles. The molecule has 0 spiro atoms. The summed E-state index contributed by atoms with van der Waals surface area (Å²) in [7, 11) is -3.70. The number of nitrogens with zero attached hydrogens (tertiary/aromatic N) is 1. The Balaban J connectivity index is 2.36. The zero-order valence-electron chi connectivity index (χ0n) is 9.41. The van der Waals surface area contributed by atoms with Crippen molar-refractivity contribution >= 4 is 38.6 Å². The van der Waals surface area contributed by atoms with E-state index >= 15 is 0 Å². The monoisotopic (exact) mass is 381 g/mol. The summed E-state index contributed by atoms with van der Waals surface area (Å²) in [4.78, 5) is 11.2. The average molecular weight is 381 g/mol. The topological polar surface area (TPSA) is 74.7 Å². The zero-order valence-corrected chi connectivity index (χ0v) is 12.4. The van der Waals surface area contributed by atoms with Crippen molar-refractivity contribution in [3.63, 3.8) is 0 Å². The molecule has 0 aromatic heterocycles. The van der Waals surface area contributed by atoms with Gasteiger partial charge in [0, 0.05) is 10.1 Å². The fraction of sp³-hybridized carbons (Fsp3) is 0.364. The normalized spacial score (nSPS) is 21.1. The molecule has 1 unspecified atom stereocenters. The molecular weight excluding hydrogens is 369 g/mol. The van der Waals surface area contributed by atoms with Gasteiger partial charge >= 0.3 is 5.97 Å². The number of hydrogen-bond donors (Lipinski definition) is 1. The van der Waals surface area contributed by atoms with Gasteiger partial charge in [0.25, 0.3) is 0 Å². The van der Waals surface area contributed by atoms with Gasteiger partial charge in [0.15, 0.2) is 0 Å². The Hall–Kier alpha value is -0.670. The van der Waals surface area contributed by atoms with Crippen molar-refractivity contribution < 1.29 is 18.3 Å². The van der Waals surface area contributed by atoms with Crippen LogP contribution in [0.3, 0.4) is 0 Å². The summed E-state index contributed by atoms with van der Waals surface area (Å²) in [5.41, 5.74) is 0. The number of halogens is 1. The van der Waals surface area contributed by atoms with Gasteiger partial charge < -0.3 is 5.11 Å². The van der Waals surface area contributed by atoms with E-state index in [0.717, 1.165) is 7.88 Å². The van der Waals surface area contributed by atoms with Gasteiger partial charge in [0.1, 0.15) is 6.04 Å². The average Bonchev–Trinajstić information content (AvgIpc) is 2.79. The Morgan fingerprint density at radius 3 is 2.50 bits per heavy atom. The van der Waals surface area contributed by atoms with Crippen LogP contribution in [0.5, 0.6) is 0 Å². The maximum atomic E-state index is 12.3. The van der Waals surface area contributed by atoms with Gasteiger partial charge in [0.05, 0.1) is 4.90 Å². The van der Waals surface area contributed by atoms with E-state index in [0.29, 0.717) is 12.8 Å². The first-order valence-corrected chi connectivity index (χ1v) is 7.95. The van der Waals surface area contributed by atoms with E-state index in [9.17, 15) is 13.2 Å². The van der Waals surface area contributed by atoms with E-state index < -0.39 is 22.0 Å². The lowest BCUT2D eigenvalue weighted by Gasteiger charge is -2.20. The summed E-state index contributed by atoms with van der Waals surface area (Å²) in [6.45, 7) is 0.269. The second-order valence-electron chi connectivity index (χ2n) is 4.07. The standard InChI is InChI=1S/C11H12INO4S/c12-8-3-5-9(6-4-8)18(16,17)13-7-1-2-10(13)11(14)15/h3-6,10H,1-2,7H2,(H,14,15). The zero-order chi connectivity index (χ0) is 13.3. The van der Waals surface area contributed by atoms with Crippen LogP contribution in [0.1, 0.15) is 12.8 Å². The van der Waals surface area contributed by atoms with Crippen molar-refractivity contribution in [2.75, 3.05) is 6.54 Å². The molecule has 1 aliphatic rings. The molecule has 0 radical (unpaired) electrons. The molecule has 1 heterocycles. The van der Waals surface area contributed by atoms with E-state index in [-0.39, 0.29) is 11.4 Å². The van der Waals surface area contributed by atoms with Crippen molar-refractivity contribution in [1.29, 1.82) is 0 Å². The first-order valence-electron chi connectivity index (χ1n) is 5.43. The van der Waals surface area contributed by atoms with E-state index in [4.69, 9.17) is 5.11 Å². The molecule has 1 atom stereocenters. The van der Waals surface area contributed by atoms with Crippen LogP contribution < -0.4 is 0 Å². The van der Waals surface area contributed by atoms with Gasteiger partial charge in [0.2, 0.25) is 10.0 Å². The number of carboxylic acids is 1. The highest BCUT2D eigenvalue weighted by Gasteiger charge is 2.39. The van der Waals surface area contributed by atoms with Gasteiger partial charge in [-0.2, -0.15) is 4.31 Å². The molecular formula is C11H12INO4S. The first-order chi connectivity index (χ1) is 8.43. The third kappa shape index (κ3) is 2.52. The van der Waals surface area contributed by atoms with Crippen LogP contribution in [-0.2, 0) is 14.8 Å². The third-order valence-electron chi connectivity index (χ3n) is 2.91. The van der Waals surface area contributed by atoms with Crippen molar-refractivity contribution in [3.8, 4) is 0 Å². The number of benzene rings is 1. The Labute approximate surface area is 119 Å². The molecule has 1 aromatic carbocycles. The van der Waals surface area contributed by atoms with Crippen LogP contribution in [0.25, 0.3) is 0 Å². The Bertz CT molecular complexity index is 555. The van der Waals surface area contributed by atoms with Crippen LogP contribution >= 0.6 is 22.6 Å². The molecule has 5 nitrogen and oxygen atoms in total. The second-order valence-corrected chi connectivity index (χ2v) is 7.20. The summed E-state index contributed by atoms with van der Waals surface area (Å²) < 4.78 is 26.7. The highest BCUT2D eigenvalue weighted by atomic mass is 127. The molecule has 1 N–H and O–H groups in total. The maximum absolute atomic E-state index is 12.3. The number of carboxylic acid groups (broad SMARTS) is 1. The first kappa shape index (κ1) is 13.8. The van der Waals surface area contributed by atoms with Crippen molar-refractivity contribution in [3.05, 3.63) is 27.8 Å². The summed E-state index contributed by atoms with van der Waals surface area (Å²) in [5, 5.41) is 9.03. The summed E-state index contributed by atoms with van der Waals surface area (Å²) in [6.07, 6.45) is 0.958. The lowest BCUT2D eigenvalue weighted by Crippen LogP contribution is -2.40. The quantitative estimate of drug-likeness (QED) is 0.806. The molecule has 98 valence electrons. The van der Waals surface area contributed by atoms with Crippen LogP contribution in [0.4, 0.5) is 0 Å². The highest BCUT2D eigenvalue weighted by molar-refractivity contribution is 14.1. The maximum Gasteiger partial charge on any atom is 0.322 e. The lowest BCUT2D eigenvalue weighted by atomic mass is 10.2. The largest absolute Gasteiger partial charge is 0.480 e. The minimum Gasteiger partial charge on any atom is -0.480 e. The number of aliphatic carboxylic acids is 1. The van der Waals surface area contributed by atoms with E-state index in [1.54, 1.807) is 12.1 Å². The minimum absolute atomic E-state index is 0.149. The number of sulfonamides is 1. The summed E-state index contributed by atoms with van der Waals surface area (Å²) >= 11 is 2.09. The highest BCUT2D eigenvalue weighted by Crippen LogP contribution is 2.26. The molecule has 2 rings (SSSR count). The van der Waals surface area contributed by atoms with Crippen LogP contribution in [0.15, 0.2) is 29.2 Å². The van der Waals surface area contributed by atoms with Gasteiger partial charge in [-0.25, -0.2) is 8.42 Å². The minimum atomic E-state index is -3.70. The number of hydrogen-bond acceptors (Lipinski definition) is 3. The number of rotatable bonds is 3. The van der Waals surface area contributed by atoms with Crippen molar-refractivity contribution in [1.82, 2.24) is 4.31 Å². The molecule has 0 saturated carbocycles. The second kappa shape index (κ2) is 5.14. The Morgan fingerprint density at radius 1 is 1.33 bits per heavy atom. The van der Waals surface area contributed by atoms with Gasteiger partial charge in [-0.15, -0.1) is 0 Å².